The third-order valence-corrected chi connectivity index (χ3v) is 6.36. The highest BCUT2D eigenvalue weighted by molar-refractivity contribution is 6.19. The molecule has 1 aromatic heterocycles. The summed E-state index contributed by atoms with van der Waals surface area (Å²) in [5.74, 6) is 1.54. The van der Waals surface area contributed by atoms with Gasteiger partial charge in [0.05, 0.1) is 19.8 Å². The summed E-state index contributed by atoms with van der Waals surface area (Å²) in [7, 11) is 1.68. The maximum Gasteiger partial charge on any atom is 0.407 e. The lowest BCUT2D eigenvalue weighted by Gasteiger charge is -2.35. The number of fused-ring (bicyclic) bond motifs is 3. The summed E-state index contributed by atoms with van der Waals surface area (Å²) >= 11 is 0. The summed E-state index contributed by atoms with van der Waals surface area (Å²) in [6.45, 7) is 8.40. The van der Waals surface area contributed by atoms with Crippen molar-refractivity contribution in [2.45, 2.75) is 19.9 Å². The fourth-order valence-corrected chi connectivity index (χ4v) is 4.67. The van der Waals surface area contributed by atoms with E-state index in [1.54, 1.807) is 7.05 Å². The summed E-state index contributed by atoms with van der Waals surface area (Å²) in [6.07, 6.45) is 1.92. The smallest absolute Gasteiger partial charge is 0.407 e. The fraction of sp³-hybridized carbons (Fsp3) is 0.478. The van der Waals surface area contributed by atoms with Gasteiger partial charge in [-0.15, -0.1) is 0 Å². The van der Waals surface area contributed by atoms with Gasteiger partial charge in [0.2, 0.25) is 11.9 Å². The Labute approximate surface area is 192 Å². The third-order valence-electron chi connectivity index (χ3n) is 6.36. The molecule has 0 spiro atoms. The number of para-hydroxylation sites is 2. The Bertz CT molecular complexity index is 1120. The molecule has 3 aliphatic heterocycles. The summed E-state index contributed by atoms with van der Waals surface area (Å²) in [4.78, 5) is 36.4. The van der Waals surface area contributed by atoms with E-state index in [1.165, 1.54) is 9.80 Å². The number of amidine groups is 1. The van der Waals surface area contributed by atoms with Crippen LogP contribution in [0, 0.1) is 6.92 Å². The molecule has 33 heavy (non-hydrogen) atoms. The monoisotopic (exact) mass is 453 g/mol. The van der Waals surface area contributed by atoms with Gasteiger partial charge in [-0.1, -0.05) is 17.1 Å². The molecule has 0 saturated carbocycles. The molecule has 0 N–H and O–H groups in total. The quantitative estimate of drug-likeness (QED) is 0.616. The Kier molecular flexibility index (Phi) is 5.63. The van der Waals surface area contributed by atoms with Gasteiger partial charge in [0.1, 0.15) is 17.6 Å². The number of likely N-dealkylation sites (N-methyl/N-ethyl adjacent to an activating group) is 1. The van der Waals surface area contributed by atoms with Crippen LogP contribution in [0.2, 0.25) is 0 Å². The van der Waals surface area contributed by atoms with Gasteiger partial charge in [-0.05, 0) is 26.0 Å². The Hall–Kier alpha value is -3.24. The van der Waals surface area contributed by atoms with Gasteiger partial charge in [0.15, 0.2) is 5.75 Å². The van der Waals surface area contributed by atoms with Gasteiger partial charge in [0, 0.05) is 33.2 Å². The van der Waals surface area contributed by atoms with Gasteiger partial charge in [0.25, 0.3) is 5.91 Å². The van der Waals surface area contributed by atoms with Crippen molar-refractivity contribution in [2.75, 3.05) is 53.0 Å². The summed E-state index contributed by atoms with van der Waals surface area (Å²) in [5.41, 5.74) is 1.77. The first-order chi connectivity index (χ1) is 16.0. The Morgan fingerprint density at radius 3 is 2.70 bits per heavy atom. The number of carbonyl (C=O) groups is 2. The molecule has 4 heterocycles. The lowest BCUT2D eigenvalue weighted by molar-refractivity contribution is -0.676. The SMILES string of the molecule is CCOc1ccccc1-n1c(C)c[n+]2c1N=C1C2C(=O)N(CCN2CCOCC2)C(=O)N1C. The molecule has 1 atom stereocenters. The topological polar surface area (TPSA) is 83.5 Å². The molecule has 10 nitrogen and oxygen atoms in total. The molecule has 174 valence electrons. The van der Waals surface area contributed by atoms with E-state index in [2.05, 4.69) is 4.90 Å². The molecule has 5 rings (SSSR count). The highest BCUT2D eigenvalue weighted by atomic mass is 16.5. The zero-order chi connectivity index (χ0) is 23.1. The molecule has 2 fully saturated rings. The Balaban J connectivity index is 1.48. The number of benzene rings is 1. The molecule has 0 radical (unpaired) electrons. The lowest BCUT2D eigenvalue weighted by Crippen LogP contribution is -2.63. The molecule has 2 saturated heterocycles. The van der Waals surface area contributed by atoms with Gasteiger partial charge in [-0.25, -0.2) is 9.36 Å². The van der Waals surface area contributed by atoms with Crippen LogP contribution in [0.4, 0.5) is 10.7 Å². The first-order valence-corrected chi connectivity index (χ1v) is 11.3. The predicted molar refractivity (Wildman–Crippen MR) is 120 cm³/mol. The molecule has 2 aromatic rings. The van der Waals surface area contributed by atoms with Crippen LogP contribution in [0.1, 0.15) is 18.7 Å². The van der Waals surface area contributed by atoms with E-state index in [-0.39, 0.29) is 11.9 Å². The van der Waals surface area contributed by atoms with E-state index in [0.29, 0.717) is 44.7 Å². The summed E-state index contributed by atoms with van der Waals surface area (Å²) < 4.78 is 15.1. The number of ether oxygens (including phenoxy) is 2. The van der Waals surface area contributed by atoms with Crippen LogP contribution in [0.3, 0.4) is 0 Å². The van der Waals surface area contributed by atoms with Crippen LogP contribution in [-0.2, 0) is 9.53 Å². The average Bonchev–Trinajstić information content (AvgIpc) is 3.33. The second kappa shape index (κ2) is 8.60. The van der Waals surface area contributed by atoms with Crippen LogP contribution in [-0.4, -0.2) is 90.1 Å². The minimum Gasteiger partial charge on any atom is -0.490 e. The molecule has 1 aromatic carbocycles. The van der Waals surface area contributed by atoms with Crippen molar-refractivity contribution in [1.82, 2.24) is 19.3 Å². The number of nitrogens with zero attached hydrogens (tertiary/aromatic N) is 6. The number of carbonyl (C=O) groups excluding carboxylic acids is 2. The van der Waals surface area contributed by atoms with Crippen LogP contribution in [0.25, 0.3) is 5.69 Å². The maximum atomic E-state index is 13.5. The number of imide groups is 1. The van der Waals surface area contributed by atoms with Crippen molar-refractivity contribution in [3.63, 3.8) is 0 Å². The number of imidazole rings is 1. The van der Waals surface area contributed by atoms with Crippen molar-refractivity contribution in [1.29, 1.82) is 0 Å². The molecule has 3 amide bonds. The number of aromatic nitrogens is 2. The van der Waals surface area contributed by atoms with E-state index in [1.807, 2.05) is 53.4 Å². The van der Waals surface area contributed by atoms with Crippen LogP contribution >= 0.6 is 0 Å². The minimum absolute atomic E-state index is 0.246. The van der Waals surface area contributed by atoms with E-state index in [4.69, 9.17) is 14.5 Å². The largest absolute Gasteiger partial charge is 0.490 e. The molecule has 1 unspecified atom stereocenters. The van der Waals surface area contributed by atoms with Crippen molar-refractivity contribution >= 4 is 23.7 Å². The third kappa shape index (κ3) is 3.59. The first kappa shape index (κ1) is 21.6. The highest BCUT2D eigenvalue weighted by Gasteiger charge is 2.53. The summed E-state index contributed by atoms with van der Waals surface area (Å²) in [6, 6.07) is 6.75. The molecule has 0 bridgehead atoms. The molecule has 3 aliphatic rings. The highest BCUT2D eigenvalue weighted by Crippen LogP contribution is 2.34. The molecule has 10 heteroatoms. The second-order valence-corrected chi connectivity index (χ2v) is 8.37. The Morgan fingerprint density at radius 1 is 1.18 bits per heavy atom. The number of urea groups is 1. The van der Waals surface area contributed by atoms with E-state index in [9.17, 15) is 9.59 Å². The van der Waals surface area contributed by atoms with E-state index < -0.39 is 6.04 Å². The molecule has 0 aliphatic carbocycles. The zero-order valence-electron chi connectivity index (χ0n) is 19.2. The number of amides is 3. The average molecular weight is 454 g/mol. The number of rotatable bonds is 6. The second-order valence-electron chi connectivity index (χ2n) is 8.37. The maximum absolute atomic E-state index is 13.5. The van der Waals surface area contributed by atoms with Crippen LogP contribution in [0.5, 0.6) is 5.75 Å². The fourth-order valence-electron chi connectivity index (χ4n) is 4.67. The number of morpholine rings is 1. The van der Waals surface area contributed by atoms with E-state index >= 15 is 0 Å². The van der Waals surface area contributed by atoms with Gasteiger partial charge >= 0.3 is 12.0 Å². The van der Waals surface area contributed by atoms with Gasteiger partial charge in [-0.2, -0.15) is 4.57 Å². The van der Waals surface area contributed by atoms with E-state index in [0.717, 1.165) is 30.2 Å². The number of aryl methyl sites for hydroxylation is 1. The number of hydrogen-bond donors (Lipinski definition) is 0. The normalized spacial score (nSPS) is 20.7. The lowest BCUT2D eigenvalue weighted by atomic mass is 10.1. The number of hydrogen-bond acceptors (Lipinski definition) is 6. The Morgan fingerprint density at radius 2 is 1.94 bits per heavy atom. The minimum atomic E-state index is -0.661. The van der Waals surface area contributed by atoms with Crippen molar-refractivity contribution < 1.29 is 23.6 Å². The van der Waals surface area contributed by atoms with Crippen LogP contribution in [0.15, 0.2) is 35.5 Å². The zero-order valence-corrected chi connectivity index (χ0v) is 19.2. The van der Waals surface area contributed by atoms with Gasteiger partial charge in [-0.3, -0.25) is 19.5 Å². The van der Waals surface area contributed by atoms with Crippen molar-refractivity contribution in [2.24, 2.45) is 4.99 Å². The van der Waals surface area contributed by atoms with Crippen molar-refractivity contribution in [3.05, 3.63) is 36.2 Å². The first-order valence-electron chi connectivity index (χ1n) is 11.3. The number of aliphatic imine (C=N–C) groups is 1. The standard InChI is InChI=1S/C23H29N6O4/c1-4-33-18-8-6-5-7-17(18)29-16(2)15-28-19-20(24-22(28)29)25(3)23(31)27(21(19)30)10-9-26-11-13-32-14-12-26/h5-8,15,19H,4,9-14H2,1-3H3/q+1. The van der Waals surface area contributed by atoms with Crippen LogP contribution < -0.4 is 9.30 Å². The predicted octanol–water partition coefficient (Wildman–Crippen LogP) is 1.28. The van der Waals surface area contributed by atoms with Crippen molar-refractivity contribution in [3.8, 4) is 11.4 Å². The molecular formula is C23H29N6O4+. The van der Waals surface area contributed by atoms with Gasteiger partial charge < -0.3 is 9.47 Å². The summed E-state index contributed by atoms with van der Waals surface area (Å²) in [5, 5.41) is 0. The molecular weight excluding hydrogens is 424 g/mol.